The van der Waals surface area contributed by atoms with Crippen LogP contribution in [0.15, 0.2) is 53.9 Å². The normalized spacial score (nSPS) is 15.6. The zero-order valence-corrected chi connectivity index (χ0v) is 17.6. The monoisotopic (exact) mass is 414 g/mol. The Kier molecular flexibility index (Phi) is 6.71. The van der Waals surface area contributed by atoms with Crippen LogP contribution in [0.2, 0.25) is 0 Å². The third kappa shape index (κ3) is 5.46. The number of rotatable bonds is 6. The lowest BCUT2D eigenvalue weighted by Crippen LogP contribution is -2.51. The first-order valence-electron chi connectivity index (χ1n) is 9.57. The van der Waals surface area contributed by atoms with Crippen LogP contribution in [0, 0.1) is 13.8 Å². The molecule has 0 atom stereocenters. The van der Waals surface area contributed by atoms with Gasteiger partial charge in [-0.05, 0) is 42.7 Å². The van der Waals surface area contributed by atoms with Crippen molar-refractivity contribution in [1.29, 1.82) is 0 Å². The lowest BCUT2D eigenvalue weighted by Gasteiger charge is -2.33. The van der Waals surface area contributed by atoms with Crippen molar-refractivity contribution in [1.82, 2.24) is 9.21 Å². The zero-order chi connectivity index (χ0) is 20.9. The predicted molar refractivity (Wildman–Crippen MR) is 114 cm³/mol. The largest absolute Gasteiger partial charge is 0.483 e. The van der Waals surface area contributed by atoms with E-state index in [0.717, 1.165) is 16.7 Å². The number of nitrogens with zero attached hydrogens (tertiary/aromatic N) is 2. The van der Waals surface area contributed by atoms with E-state index in [-0.39, 0.29) is 25.6 Å². The van der Waals surface area contributed by atoms with Crippen LogP contribution in [-0.4, -0.2) is 56.3 Å². The first kappa shape index (κ1) is 21.1. The molecule has 0 aromatic heterocycles. The van der Waals surface area contributed by atoms with Crippen molar-refractivity contribution in [3.63, 3.8) is 0 Å². The van der Waals surface area contributed by atoms with Gasteiger partial charge in [-0.2, -0.15) is 4.31 Å². The van der Waals surface area contributed by atoms with Gasteiger partial charge < -0.3 is 9.64 Å². The van der Waals surface area contributed by atoms with Crippen molar-refractivity contribution in [2.75, 3.05) is 32.8 Å². The van der Waals surface area contributed by atoms with E-state index in [2.05, 4.69) is 0 Å². The zero-order valence-electron chi connectivity index (χ0n) is 16.7. The molecule has 1 heterocycles. The van der Waals surface area contributed by atoms with Gasteiger partial charge in [-0.3, -0.25) is 4.79 Å². The number of aryl methyl sites for hydroxylation is 1. The molecule has 0 saturated carbocycles. The fourth-order valence-electron chi connectivity index (χ4n) is 3.12. The Hall–Kier alpha value is -2.64. The lowest BCUT2D eigenvalue weighted by molar-refractivity contribution is -0.134. The van der Waals surface area contributed by atoms with Crippen LogP contribution in [0.25, 0.3) is 6.08 Å². The lowest BCUT2D eigenvalue weighted by atomic mass is 10.1. The van der Waals surface area contributed by atoms with E-state index in [1.165, 1.54) is 9.71 Å². The molecule has 1 fully saturated rings. The van der Waals surface area contributed by atoms with E-state index in [1.54, 1.807) is 11.0 Å². The molecule has 1 saturated heterocycles. The number of carbonyl (C=O) groups is 1. The predicted octanol–water partition coefficient (Wildman–Crippen LogP) is 2.83. The Labute approximate surface area is 172 Å². The van der Waals surface area contributed by atoms with Gasteiger partial charge in [0, 0.05) is 31.6 Å². The molecule has 6 nitrogen and oxygen atoms in total. The van der Waals surface area contributed by atoms with Crippen LogP contribution in [0.4, 0.5) is 0 Å². The Bertz CT molecular complexity index is 979. The molecule has 1 aliphatic heterocycles. The molecule has 1 amide bonds. The maximum Gasteiger partial charge on any atom is 0.260 e. The molecule has 0 spiro atoms. The third-order valence-electron chi connectivity index (χ3n) is 5.09. The molecule has 2 aromatic rings. The first-order chi connectivity index (χ1) is 13.9. The minimum Gasteiger partial charge on any atom is -0.483 e. The van der Waals surface area contributed by atoms with Crippen LogP contribution < -0.4 is 4.74 Å². The Morgan fingerprint density at radius 2 is 1.69 bits per heavy atom. The number of hydrogen-bond acceptors (Lipinski definition) is 4. The van der Waals surface area contributed by atoms with Gasteiger partial charge in [-0.15, -0.1) is 0 Å². The molecule has 154 valence electrons. The standard InChI is InChI=1S/C22H26N2O4S/c1-18-7-6-10-21(19(18)2)28-17-22(25)23-12-14-24(15-13-23)29(26,27)16-11-20-8-4-3-5-9-20/h3-11,16H,12-15,17H2,1-2H3/b16-11+. The van der Waals surface area contributed by atoms with Crippen LogP contribution in [0.3, 0.4) is 0 Å². The van der Waals surface area contributed by atoms with E-state index in [4.69, 9.17) is 4.74 Å². The molecule has 0 N–H and O–H groups in total. The number of piperazine rings is 1. The number of benzene rings is 2. The molecule has 0 radical (unpaired) electrons. The highest BCUT2D eigenvalue weighted by molar-refractivity contribution is 7.92. The number of hydrogen-bond donors (Lipinski definition) is 0. The van der Waals surface area contributed by atoms with Gasteiger partial charge >= 0.3 is 0 Å². The molecule has 0 aliphatic carbocycles. The number of carbonyl (C=O) groups excluding carboxylic acids is 1. The van der Waals surface area contributed by atoms with E-state index >= 15 is 0 Å². The highest BCUT2D eigenvalue weighted by Crippen LogP contribution is 2.20. The van der Waals surface area contributed by atoms with Gasteiger partial charge in [0.05, 0.1) is 0 Å². The fraction of sp³-hybridized carbons (Fsp3) is 0.318. The van der Waals surface area contributed by atoms with Crippen molar-refractivity contribution >= 4 is 22.0 Å². The van der Waals surface area contributed by atoms with Crippen LogP contribution in [-0.2, 0) is 14.8 Å². The smallest absolute Gasteiger partial charge is 0.260 e. The Morgan fingerprint density at radius 1 is 1.00 bits per heavy atom. The average molecular weight is 415 g/mol. The highest BCUT2D eigenvalue weighted by atomic mass is 32.2. The van der Waals surface area contributed by atoms with Crippen molar-refractivity contribution < 1.29 is 17.9 Å². The quantitative estimate of drug-likeness (QED) is 0.729. The maximum absolute atomic E-state index is 12.5. The topological polar surface area (TPSA) is 66.9 Å². The van der Waals surface area contributed by atoms with Crippen molar-refractivity contribution in [2.45, 2.75) is 13.8 Å². The van der Waals surface area contributed by atoms with Gasteiger partial charge in [0.1, 0.15) is 5.75 Å². The second-order valence-electron chi connectivity index (χ2n) is 7.02. The third-order valence-corrected chi connectivity index (χ3v) is 6.65. The summed E-state index contributed by atoms with van der Waals surface area (Å²) < 4.78 is 32.1. The fourth-order valence-corrected chi connectivity index (χ4v) is 4.29. The summed E-state index contributed by atoms with van der Waals surface area (Å²) in [5.74, 6) is 0.563. The molecular weight excluding hydrogens is 388 g/mol. The van der Waals surface area contributed by atoms with Crippen LogP contribution in [0.5, 0.6) is 5.75 Å². The summed E-state index contributed by atoms with van der Waals surface area (Å²) in [7, 11) is -3.51. The molecule has 7 heteroatoms. The molecule has 2 aromatic carbocycles. The Balaban J connectivity index is 1.52. The second-order valence-corrected chi connectivity index (χ2v) is 8.84. The average Bonchev–Trinajstić information content (AvgIpc) is 2.74. The summed E-state index contributed by atoms with van der Waals surface area (Å²) in [6.07, 6.45) is 1.59. The van der Waals surface area contributed by atoms with E-state index in [0.29, 0.717) is 18.8 Å². The van der Waals surface area contributed by atoms with E-state index in [9.17, 15) is 13.2 Å². The summed E-state index contributed by atoms with van der Waals surface area (Å²) in [5.41, 5.74) is 2.95. The van der Waals surface area contributed by atoms with Crippen LogP contribution >= 0.6 is 0 Å². The van der Waals surface area contributed by atoms with E-state index < -0.39 is 10.0 Å². The molecular formula is C22H26N2O4S. The summed E-state index contributed by atoms with van der Waals surface area (Å²) in [5, 5.41) is 1.23. The van der Waals surface area contributed by atoms with Crippen molar-refractivity contribution in [2.24, 2.45) is 0 Å². The van der Waals surface area contributed by atoms with Gasteiger partial charge in [0.2, 0.25) is 10.0 Å². The summed E-state index contributed by atoms with van der Waals surface area (Å²) in [6.45, 7) is 5.16. The first-order valence-corrected chi connectivity index (χ1v) is 11.1. The molecule has 3 rings (SSSR count). The van der Waals surface area contributed by atoms with Gasteiger partial charge in [-0.1, -0.05) is 42.5 Å². The summed E-state index contributed by atoms with van der Waals surface area (Å²) in [6, 6.07) is 15.0. The summed E-state index contributed by atoms with van der Waals surface area (Å²) in [4.78, 5) is 14.1. The van der Waals surface area contributed by atoms with Gasteiger partial charge in [0.15, 0.2) is 6.61 Å². The number of amides is 1. The second kappa shape index (κ2) is 9.24. The van der Waals surface area contributed by atoms with Gasteiger partial charge in [0.25, 0.3) is 5.91 Å². The molecule has 1 aliphatic rings. The molecule has 29 heavy (non-hydrogen) atoms. The highest BCUT2D eigenvalue weighted by Gasteiger charge is 2.27. The van der Waals surface area contributed by atoms with E-state index in [1.807, 2.05) is 62.4 Å². The number of sulfonamides is 1. The minimum absolute atomic E-state index is 0.0506. The Morgan fingerprint density at radius 3 is 2.38 bits per heavy atom. The van der Waals surface area contributed by atoms with Gasteiger partial charge in [-0.25, -0.2) is 8.42 Å². The van der Waals surface area contributed by atoms with Crippen molar-refractivity contribution in [3.05, 3.63) is 70.6 Å². The summed E-state index contributed by atoms with van der Waals surface area (Å²) >= 11 is 0. The maximum atomic E-state index is 12.5. The molecule has 0 unspecified atom stereocenters. The van der Waals surface area contributed by atoms with Crippen LogP contribution in [0.1, 0.15) is 16.7 Å². The molecule has 0 bridgehead atoms. The minimum atomic E-state index is -3.51. The van der Waals surface area contributed by atoms with Crippen molar-refractivity contribution in [3.8, 4) is 5.75 Å². The number of ether oxygens (including phenoxy) is 1. The SMILES string of the molecule is Cc1cccc(OCC(=O)N2CCN(S(=O)(=O)/C=C/c3ccccc3)CC2)c1C.